The van der Waals surface area contributed by atoms with Crippen LogP contribution >= 0.6 is 0 Å². The number of hydrogen-bond donors (Lipinski definition) is 2. The number of nitrogens with one attached hydrogen (secondary N) is 1. The fraction of sp³-hybridized carbons (Fsp3) is 0.174. The molecular weight excluding hydrogens is 420 g/mol. The smallest absolute Gasteiger partial charge is 0.346 e. The fourth-order valence-electron chi connectivity index (χ4n) is 3.80. The number of hydroxylamine groups is 2. The Labute approximate surface area is 189 Å². The van der Waals surface area contributed by atoms with Gasteiger partial charge in [0.05, 0.1) is 30.6 Å². The van der Waals surface area contributed by atoms with E-state index in [1.807, 2.05) is 43.5 Å². The van der Waals surface area contributed by atoms with Gasteiger partial charge in [0.25, 0.3) is 0 Å². The normalized spacial score (nSPS) is 15.5. The van der Waals surface area contributed by atoms with Crippen LogP contribution in [0.25, 0.3) is 21.6 Å². The third-order valence-corrected chi connectivity index (χ3v) is 5.52. The summed E-state index contributed by atoms with van der Waals surface area (Å²) in [5.41, 5.74) is 10.7. The van der Waals surface area contributed by atoms with E-state index in [1.165, 1.54) is 5.06 Å². The molecule has 0 spiro atoms. The number of benzene rings is 1. The van der Waals surface area contributed by atoms with E-state index in [0.717, 1.165) is 16.7 Å². The van der Waals surface area contributed by atoms with Crippen molar-refractivity contribution in [3.05, 3.63) is 77.5 Å². The van der Waals surface area contributed by atoms with Crippen LogP contribution in [0, 0.1) is 13.5 Å². The number of carbonyl (C=O) groups excluding carboxylic acids is 1. The number of rotatable bonds is 3. The van der Waals surface area contributed by atoms with Gasteiger partial charge in [0.1, 0.15) is 0 Å². The van der Waals surface area contributed by atoms with Gasteiger partial charge in [0, 0.05) is 29.9 Å². The monoisotopic (exact) mass is 440 g/mol. The molecule has 33 heavy (non-hydrogen) atoms. The van der Waals surface area contributed by atoms with Crippen molar-refractivity contribution in [3.63, 3.8) is 0 Å². The number of aromatic nitrogens is 4. The predicted octanol–water partition coefficient (Wildman–Crippen LogP) is 4.14. The molecule has 1 atom stereocenters. The van der Waals surface area contributed by atoms with Gasteiger partial charge in [-0.1, -0.05) is 24.3 Å². The van der Waals surface area contributed by atoms with Crippen molar-refractivity contribution in [2.45, 2.75) is 19.4 Å². The SMILES string of the molecule is [C-]#[N+]c1ccc([C@@H]2CCON2C(=O)Nc2cc(-c3ccc4nc(N)nn4c3)cnc2C)cc1. The second-order valence-corrected chi connectivity index (χ2v) is 7.64. The van der Waals surface area contributed by atoms with Gasteiger partial charge >= 0.3 is 6.03 Å². The molecule has 1 saturated heterocycles. The lowest BCUT2D eigenvalue weighted by Crippen LogP contribution is -2.33. The van der Waals surface area contributed by atoms with Gasteiger partial charge in [-0.2, -0.15) is 10.0 Å². The molecule has 3 aromatic heterocycles. The first-order valence-corrected chi connectivity index (χ1v) is 10.3. The highest BCUT2D eigenvalue weighted by Crippen LogP contribution is 2.32. The number of pyridine rings is 2. The zero-order valence-corrected chi connectivity index (χ0v) is 17.8. The van der Waals surface area contributed by atoms with Crippen molar-refractivity contribution in [2.75, 3.05) is 17.7 Å². The molecule has 4 heterocycles. The van der Waals surface area contributed by atoms with Gasteiger partial charge < -0.3 is 11.1 Å². The van der Waals surface area contributed by atoms with E-state index in [9.17, 15) is 4.79 Å². The second kappa shape index (κ2) is 8.22. The average molecular weight is 440 g/mol. The number of aryl methyl sites for hydroxylation is 1. The van der Waals surface area contributed by atoms with E-state index in [4.69, 9.17) is 17.1 Å². The standard InChI is InChI=1S/C23H20N8O2/c1-14-19(11-17(12-26-14)16-5-8-21-28-22(24)29-30(21)13-16)27-23(32)31-20(9-10-33-31)15-3-6-18(25-2)7-4-15/h3-8,11-13,20H,9-10H2,1H3,(H2,24,29)(H,27,32)/t20-/m0/s1. The van der Waals surface area contributed by atoms with Crippen molar-refractivity contribution in [2.24, 2.45) is 0 Å². The van der Waals surface area contributed by atoms with Gasteiger partial charge in [-0.05, 0) is 30.7 Å². The van der Waals surface area contributed by atoms with Crippen molar-refractivity contribution >= 4 is 29.0 Å². The number of fused-ring (bicyclic) bond motifs is 1. The lowest BCUT2D eigenvalue weighted by atomic mass is 10.0. The van der Waals surface area contributed by atoms with Crippen molar-refractivity contribution in [1.29, 1.82) is 0 Å². The highest BCUT2D eigenvalue weighted by atomic mass is 16.7. The Morgan fingerprint density at radius 1 is 1.24 bits per heavy atom. The van der Waals surface area contributed by atoms with Crippen LogP contribution in [-0.4, -0.2) is 37.3 Å². The summed E-state index contributed by atoms with van der Waals surface area (Å²) in [6.07, 6.45) is 4.21. The van der Waals surface area contributed by atoms with Crippen molar-refractivity contribution in [1.82, 2.24) is 24.6 Å². The molecule has 0 aliphatic carbocycles. The van der Waals surface area contributed by atoms with Crippen LogP contribution < -0.4 is 11.1 Å². The second-order valence-electron chi connectivity index (χ2n) is 7.64. The number of amides is 2. The number of hydrogen-bond acceptors (Lipinski definition) is 6. The zero-order chi connectivity index (χ0) is 22.9. The molecule has 3 N–H and O–H groups in total. The van der Waals surface area contributed by atoms with Crippen molar-refractivity contribution in [3.8, 4) is 11.1 Å². The van der Waals surface area contributed by atoms with Crippen LogP contribution in [0.1, 0.15) is 23.7 Å². The molecule has 10 nitrogen and oxygen atoms in total. The van der Waals surface area contributed by atoms with E-state index < -0.39 is 0 Å². The summed E-state index contributed by atoms with van der Waals surface area (Å²) in [6, 6.07) is 12.2. The minimum atomic E-state index is -0.381. The molecule has 0 saturated carbocycles. The van der Waals surface area contributed by atoms with Crippen molar-refractivity contribution < 1.29 is 9.63 Å². The molecule has 2 amide bonds. The molecule has 0 unspecified atom stereocenters. The molecule has 4 aromatic rings. The molecule has 1 aliphatic heterocycles. The summed E-state index contributed by atoms with van der Waals surface area (Å²) in [5, 5.41) is 8.41. The minimum Gasteiger partial charge on any atom is -0.366 e. The fourth-order valence-corrected chi connectivity index (χ4v) is 3.80. The molecule has 0 bridgehead atoms. The van der Waals surface area contributed by atoms with Gasteiger partial charge in [0.2, 0.25) is 5.95 Å². The molecule has 1 aliphatic rings. The maximum absolute atomic E-state index is 13.1. The first-order valence-electron chi connectivity index (χ1n) is 10.3. The summed E-state index contributed by atoms with van der Waals surface area (Å²) < 4.78 is 1.60. The summed E-state index contributed by atoms with van der Waals surface area (Å²) >= 11 is 0. The first-order chi connectivity index (χ1) is 16.0. The number of nitrogens with two attached hydrogens (primary N) is 1. The van der Waals surface area contributed by atoms with Gasteiger partial charge in [-0.15, -0.1) is 5.10 Å². The number of nitrogen functional groups attached to an aromatic ring is 1. The van der Waals surface area contributed by atoms with Gasteiger partial charge in [-0.3, -0.25) is 9.82 Å². The highest BCUT2D eigenvalue weighted by molar-refractivity contribution is 5.90. The number of anilines is 2. The lowest BCUT2D eigenvalue weighted by Gasteiger charge is -2.23. The number of carbonyl (C=O) groups is 1. The average Bonchev–Trinajstić information content (AvgIpc) is 3.46. The molecule has 1 aromatic carbocycles. The Balaban J connectivity index is 1.38. The van der Waals surface area contributed by atoms with E-state index in [1.54, 1.807) is 22.8 Å². The summed E-state index contributed by atoms with van der Waals surface area (Å²) in [6.45, 7) is 9.36. The molecule has 0 radical (unpaired) electrons. The molecular formula is C23H20N8O2. The summed E-state index contributed by atoms with van der Waals surface area (Å²) in [4.78, 5) is 30.7. The largest absolute Gasteiger partial charge is 0.366 e. The highest BCUT2D eigenvalue weighted by Gasteiger charge is 2.32. The Kier molecular flexibility index (Phi) is 5.08. The quantitative estimate of drug-likeness (QED) is 0.463. The Hall–Kier alpha value is -4.49. The Morgan fingerprint density at radius 2 is 2.06 bits per heavy atom. The topological polar surface area (TPSA) is 115 Å². The molecule has 164 valence electrons. The zero-order valence-electron chi connectivity index (χ0n) is 17.8. The van der Waals surface area contributed by atoms with Gasteiger partial charge in [0.15, 0.2) is 11.3 Å². The van der Waals surface area contributed by atoms with E-state index in [0.29, 0.717) is 35.7 Å². The number of urea groups is 1. The van der Waals surface area contributed by atoms with Crippen LogP contribution in [-0.2, 0) is 4.84 Å². The van der Waals surface area contributed by atoms with Crippen LogP contribution in [0.4, 0.5) is 22.1 Å². The number of nitrogens with zero attached hydrogens (tertiary/aromatic N) is 6. The third kappa shape index (κ3) is 3.93. The van der Waals surface area contributed by atoms with Crippen LogP contribution in [0.3, 0.4) is 0 Å². The molecule has 10 heteroatoms. The maximum atomic E-state index is 13.1. The lowest BCUT2D eigenvalue weighted by molar-refractivity contribution is -0.0829. The maximum Gasteiger partial charge on any atom is 0.346 e. The Morgan fingerprint density at radius 3 is 2.85 bits per heavy atom. The summed E-state index contributed by atoms with van der Waals surface area (Å²) in [7, 11) is 0. The van der Waals surface area contributed by atoms with Crippen LogP contribution in [0.15, 0.2) is 54.9 Å². The van der Waals surface area contributed by atoms with E-state index in [2.05, 4.69) is 25.2 Å². The molecule has 1 fully saturated rings. The molecule has 5 rings (SSSR count). The van der Waals surface area contributed by atoms with E-state index in [-0.39, 0.29) is 18.0 Å². The summed E-state index contributed by atoms with van der Waals surface area (Å²) in [5.74, 6) is 0.200. The van der Waals surface area contributed by atoms with Crippen LogP contribution in [0.2, 0.25) is 0 Å². The van der Waals surface area contributed by atoms with Crippen LogP contribution in [0.5, 0.6) is 0 Å². The predicted molar refractivity (Wildman–Crippen MR) is 122 cm³/mol. The first kappa shape index (κ1) is 20.4. The van der Waals surface area contributed by atoms with E-state index >= 15 is 0 Å². The van der Waals surface area contributed by atoms with Gasteiger partial charge in [-0.25, -0.2) is 14.2 Å². The third-order valence-electron chi connectivity index (χ3n) is 5.52. The minimum absolute atomic E-state index is 0.200. The Bertz CT molecular complexity index is 1390.